The summed E-state index contributed by atoms with van der Waals surface area (Å²) in [5.74, 6) is 1.26. The molecule has 1 aliphatic rings. The number of benzene rings is 1. The minimum Gasteiger partial charge on any atom is -0.493 e. The fraction of sp³-hybridized carbons (Fsp3) is 0.333. The Balaban J connectivity index is 1.55. The first-order valence-electron chi connectivity index (χ1n) is 9.22. The van der Waals surface area contributed by atoms with Crippen LogP contribution in [0.15, 0.2) is 36.5 Å². The molecule has 1 amide bonds. The van der Waals surface area contributed by atoms with Crippen molar-refractivity contribution in [2.45, 2.75) is 27.3 Å². The van der Waals surface area contributed by atoms with Crippen molar-refractivity contribution < 1.29 is 14.3 Å². The maximum absolute atomic E-state index is 13.0. The monoisotopic (exact) mass is 431 g/mol. The number of carbonyl (C=O) groups is 1. The van der Waals surface area contributed by atoms with Crippen LogP contribution in [0, 0.1) is 5.41 Å². The van der Waals surface area contributed by atoms with Crippen molar-refractivity contribution in [3.63, 3.8) is 0 Å². The minimum absolute atomic E-state index is 0.0279. The third kappa shape index (κ3) is 3.97. The zero-order chi connectivity index (χ0) is 20.8. The van der Waals surface area contributed by atoms with Gasteiger partial charge in [0.15, 0.2) is 16.7 Å². The van der Waals surface area contributed by atoms with Crippen LogP contribution in [-0.2, 0) is 6.54 Å². The van der Waals surface area contributed by atoms with Gasteiger partial charge in [-0.15, -0.1) is 11.3 Å². The molecule has 8 heteroatoms. The van der Waals surface area contributed by atoms with Crippen molar-refractivity contribution in [3.8, 4) is 16.5 Å². The highest BCUT2D eigenvalue weighted by Crippen LogP contribution is 2.39. The number of aromatic nitrogens is 2. The van der Waals surface area contributed by atoms with Crippen LogP contribution >= 0.6 is 22.9 Å². The van der Waals surface area contributed by atoms with Gasteiger partial charge in [0, 0.05) is 18.0 Å². The Morgan fingerprint density at radius 1 is 1.21 bits per heavy atom. The molecule has 0 N–H and O–H groups in total. The zero-order valence-electron chi connectivity index (χ0n) is 16.7. The summed E-state index contributed by atoms with van der Waals surface area (Å²) in [6.45, 7) is 7.41. The van der Waals surface area contributed by atoms with E-state index in [-0.39, 0.29) is 11.3 Å². The normalized spacial score (nSPS) is 13.7. The van der Waals surface area contributed by atoms with Crippen molar-refractivity contribution in [2.75, 3.05) is 18.6 Å². The second kappa shape index (κ2) is 7.39. The molecular weight excluding hydrogens is 410 g/mol. The molecule has 4 rings (SSSR count). The van der Waals surface area contributed by atoms with Crippen LogP contribution in [0.2, 0.25) is 5.15 Å². The Hall–Kier alpha value is -2.51. The lowest BCUT2D eigenvalue weighted by atomic mass is 9.99. The standard InChI is InChI=1S/C21H22ClN3O3S/c1-21(2,3)12-28-15-6-5-14(10-16(15)27-4)24-11-13-9-18(29-19(13)20(24)26)25-8-7-17(22)23-25/h5-10H,11-12H2,1-4H3. The highest BCUT2D eigenvalue weighted by molar-refractivity contribution is 7.16. The molecule has 0 saturated carbocycles. The van der Waals surface area contributed by atoms with E-state index in [0.717, 1.165) is 21.1 Å². The average molecular weight is 432 g/mol. The first kappa shape index (κ1) is 19.8. The van der Waals surface area contributed by atoms with Crippen LogP contribution in [0.5, 0.6) is 11.5 Å². The fourth-order valence-corrected chi connectivity index (χ4v) is 4.26. The Labute approximate surface area is 178 Å². The highest BCUT2D eigenvalue weighted by Gasteiger charge is 2.32. The summed E-state index contributed by atoms with van der Waals surface area (Å²) >= 11 is 7.31. The number of amides is 1. The molecule has 0 spiro atoms. The van der Waals surface area contributed by atoms with Gasteiger partial charge in [-0.2, -0.15) is 5.10 Å². The molecule has 0 saturated heterocycles. The number of fused-ring (bicyclic) bond motifs is 1. The lowest BCUT2D eigenvalue weighted by Gasteiger charge is -2.22. The van der Waals surface area contributed by atoms with E-state index in [9.17, 15) is 4.79 Å². The van der Waals surface area contributed by atoms with Crippen molar-refractivity contribution in [1.29, 1.82) is 0 Å². The fourth-order valence-electron chi connectivity index (χ4n) is 3.06. The third-order valence-electron chi connectivity index (χ3n) is 4.47. The molecule has 6 nitrogen and oxygen atoms in total. The van der Waals surface area contributed by atoms with Gasteiger partial charge >= 0.3 is 0 Å². The van der Waals surface area contributed by atoms with Crippen LogP contribution < -0.4 is 14.4 Å². The summed E-state index contributed by atoms with van der Waals surface area (Å²) in [7, 11) is 1.60. The van der Waals surface area contributed by atoms with Crippen molar-refractivity contribution in [1.82, 2.24) is 9.78 Å². The van der Waals surface area contributed by atoms with E-state index in [1.54, 1.807) is 29.0 Å². The smallest absolute Gasteiger partial charge is 0.269 e. The number of ether oxygens (including phenoxy) is 2. The van der Waals surface area contributed by atoms with E-state index in [0.29, 0.717) is 29.8 Å². The molecule has 0 aliphatic carbocycles. The van der Waals surface area contributed by atoms with Gasteiger partial charge in [0.05, 0.1) is 25.1 Å². The molecule has 0 bridgehead atoms. The van der Waals surface area contributed by atoms with Gasteiger partial charge in [0.1, 0.15) is 5.00 Å². The summed E-state index contributed by atoms with van der Waals surface area (Å²) in [6, 6.07) is 9.30. The van der Waals surface area contributed by atoms with Crippen LogP contribution in [0.4, 0.5) is 5.69 Å². The van der Waals surface area contributed by atoms with Crippen LogP contribution in [0.3, 0.4) is 0 Å². The summed E-state index contributed by atoms with van der Waals surface area (Å²) in [6.07, 6.45) is 1.78. The molecule has 3 heterocycles. The molecule has 29 heavy (non-hydrogen) atoms. The van der Waals surface area contributed by atoms with E-state index in [1.807, 2.05) is 24.3 Å². The summed E-state index contributed by atoms with van der Waals surface area (Å²) in [4.78, 5) is 15.5. The summed E-state index contributed by atoms with van der Waals surface area (Å²) in [5, 5.41) is 5.50. The molecule has 2 aromatic heterocycles. The van der Waals surface area contributed by atoms with Gasteiger partial charge in [0.25, 0.3) is 5.91 Å². The molecule has 0 fully saturated rings. The predicted octanol–water partition coefficient (Wildman–Crippen LogP) is 5.18. The number of nitrogens with zero attached hydrogens (tertiary/aromatic N) is 3. The molecule has 1 aliphatic heterocycles. The van der Waals surface area contributed by atoms with Gasteiger partial charge in [-0.25, -0.2) is 4.68 Å². The molecule has 3 aromatic rings. The molecule has 152 valence electrons. The number of carbonyl (C=O) groups excluding carboxylic acids is 1. The molecule has 0 atom stereocenters. The van der Waals surface area contributed by atoms with Gasteiger partial charge in [0.2, 0.25) is 0 Å². The quantitative estimate of drug-likeness (QED) is 0.558. The van der Waals surface area contributed by atoms with Crippen molar-refractivity contribution in [3.05, 3.63) is 52.1 Å². The van der Waals surface area contributed by atoms with Gasteiger partial charge in [-0.1, -0.05) is 32.4 Å². The Morgan fingerprint density at radius 3 is 2.62 bits per heavy atom. The predicted molar refractivity (Wildman–Crippen MR) is 115 cm³/mol. The number of hydrogen-bond donors (Lipinski definition) is 0. The van der Waals surface area contributed by atoms with E-state index in [1.165, 1.54) is 11.3 Å². The zero-order valence-corrected chi connectivity index (χ0v) is 18.3. The number of thiophene rings is 1. The lowest BCUT2D eigenvalue weighted by molar-refractivity contribution is 0.1000. The van der Waals surface area contributed by atoms with Crippen molar-refractivity contribution in [2.24, 2.45) is 5.41 Å². The largest absolute Gasteiger partial charge is 0.493 e. The second-order valence-electron chi connectivity index (χ2n) is 8.10. The molecule has 0 radical (unpaired) electrons. The van der Waals surface area contributed by atoms with Crippen LogP contribution in [0.25, 0.3) is 5.00 Å². The van der Waals surface area contributed by atoms with E-state index in [2.05, 4.69) is 25.9 Å². The number of halogens is 1. The van der Waals surface area contributed by atoms with Gasteiger partial charge in [-0.3, -0.25) is 4.79 Å². The van der Waals surface area contributed by atoms with Crippen LogP contribution in [-0.4, -0.2) is 29.4 Å². The molecule has 0 unspecified atom stereocenters. The van der Waals surface area contributed by atoms with Gasteiger partial charge < -0.3 is 14.4 Å². The minimum atomic E-state index is -0.0279. The van der Waals surface area contributed by atoms with Gasteiger partial charge in [-0.05, 0) is 35.2 Å². The first-order valence-corrected chi connectivity index (χ1v) is 10.4. The summed E-state index contributed by atoms with van der Waals surface area (Å²) < 4.78 is 13.1. The molecule has 1 aromatic carbocycles. The Bertz CT molecular complexity index is 1070. The molecular formula is C21H22ClN3O3S. The number of hydrogen-bond acceptors (Lipinski definition) is 5. The Kier molecular flexibility index (Phi) is 5.04. The maximum Gasteiger partial charge on any atom is 0.269 e. The maximum atomic E-state index is 13.0. The van der Waals surface area contributed by atoms with E-state index < -0.39 is 0 Å². The van der Waals surface area contributed by atoms with E-state index in [4.69, 9.17) is 21.1 Å². The first-order chi connectivity index (χ1) is 13.7. The van der Waals surface area contributed by atoms with Crippen LogP contribution in [0.1, 0.15) is 36.0 Å². The average Bonchev–Trinajstić information content (AvgIpc) is 3.35. The second-order valence-corrected chi connectivity index (χ2v) is 9.52. The Morgan fingerprint density at radius 2 is 2.00 bits per heavy atom. The number of methoxy groups -OCH3 is 1. The summed E-state index contributed by atoms with van der Waals surface area (Å²) in [5.41, 5.74) is 1.80. The SMILES string of the molecule is COc1cc(N2Cc3cc(-n4ccc(Cl)n4)sc3C2=O)ccc1OCC(C)(C)C. The number of rotatable bonds is 5. The van der Waals surface area contributed by atoms with E-state index >= 15 is 0 Å². The van der Waals surface area contributed by atoms with Crippen molar-refractivity contribution >= 4 is 34.5 Å². The third-order valence-corrected chi connectivity index (χ3v) is 5.82. The topological polar surface area (TPSA) is 56.6 Å². The lowest BCUT2D eigenvalue weighted by Crippen LogP contribution is -2.23. The highest BCUT2D eigenvalue weighted by atomic mass is 35.5. The number of anilines is 1.